The van der Waals surface area contributed by atoms with Gasteiger partial charge in [0.25, 0.3) is 6.01 Å². The zero-order valence-electron chi connectivity index (χ0n) is 10.6. The summed E-state index contributed by atoms with van der Waals surface area (Å²) in [5.74, 6) is 0. The Hall–Kier alpha value is -3.00. The topological polar surface area (TPSA) is 87.9 Å². The molecule has 3 N–H and O–H groups in total. The number of nitrogens with one attached hydrogen (secondary N) is 1. The average Bonchev–Trinajstić information content (AvgIpc) is 2.85. The van der Waals surface area contributed by atoms with Crippen LogP contribution in [-0.4, -0.2) is 4.98 Å². The molecule has 0 unspecified atom stereocenters. The van der Waals surface area contributed by atoms with Crippen LogP contribution in [0.1, 0.15) is 5.56 Å². The number of rotatable bonds is 3. The molecule has 0 saturated carbocycles. The van der Waals surface area contributed by atoms with Gasteiger partial charge in [-0.25, -0.2) is 0 Å². The number of anilines is 3. The van der Waals surface area contributed by atoms with Crippen LogP contribution in [0.15, 0.2) is 46.9 Å². The standard InChI is InChI=1S/C15H12N4O/c16-9-8-10-4-6-11(7-5-10)18-15-19-14-12(17)2-1-3-13(14)20-15/h1-7H,8,17H2,(H,18,19). The first-order valence-electron chi connectivity index (χ1n) is 6.14. The van der Waals surface area contributed by atoms with Gasteiger partial charge in [-0.05, 0) is 29.8 Å². The molecule has 0 bridgehead atoms. The predicted octanol–water partition coefficient (Wildman–Crippen LogP) is 3.22. The van der Waals surface area contributed by atoms with Crippen molar-refractivity contribution in [2.45, 2.75) is 6.42 Å². The number of aromatic nitrogens is 1. The number of benzene rings is 2. The van der Waals surface area contributed by atoms with Gasteiger partial charge < -0.3 is 15.5 Å². The normalized spacial score (nSPS) is 10.3. The van der Waals surface area contributed by atoms with Gasteiger partial charge >= 0.3 is 0 Å². The minimum absolute atomic E-state index is 0.394. The first kappa shape index (κ1) is 12.1. The molecule has 0 aliphatic carbocycles. The summed E-state index contributed by atoms with van der Waals surface area (Å²) in [6, 6.07) is 15.5. The molecule has 2 aromatic carbocycles. The molecule has 3 aromatic rings. The van der Waals surface area contributed by atoms with Gasteiger partial charge in [0.1, 0.15) is 5.52 Å². The predicted molar refractivity (Wildman–Crippen MR) is 77.5 cm³/mol. The highest BCUT2D eigenvalue weighted by atomic mass is 16.4. The number of hydrogen-bond donors (Lipinski definition) is 2. The summed E-state index contributed by atoms with van der Waals surface area (Å²) in [6.45, 7) is 0. The molecule has 0 radical (unpaired) electrons. The number of nitrogens with zero attached hydrogens (tertiary/aromatic N) is 2. The molecular weight excluding hydrogens is 252 g/mol. The van der Waals surface area contributed by atoms with Crippen molar-refractivity contribution >= 4 is 28.5 Å². The maximum Gasteiger partial charge on any atom is 0.300 e. The summed E-state index contributed by atoms with van der Waals surface area (Å²) < 4.78 is 5.58. The second kappa shape index (κ2) is 4.94. The smallest absolute Gasteiger partial charge is 0.300 e. The van der Waals surface area contributed by atoms with Gasteiger partial charge in [0.2, 0.25) is 0 Å². The molecule has 0 amide bonds. The van der Waals surface area contributed by atoms with E-state index >= 15 is 0 Å². The van der Waals surface area contributed by atoms with Crippen LogP contribution in [0.25, 0.3) is 11.1 Å². The second-order valence-corrected chi connectivity index (χ2v) is 4.37. The highest BCUT2D eigenvalue weighted by molar-refractivity contribution is 5.86. The van der Waals surface area contributed by atoms with E-state index < -0.39 is 0 Å². The summed E-state index contributed by atoms with van der Waals surface area (Å²) in [6.07, 6.45) is 0.402. The number of nitriles is 1. The third-order valence-electron chi connectivity index (χ3n) is 2.94. The molecule has 1 aromatic heterocycles. The maximum absolute atomic E-state index is 8.63. The van der Waals surface area contributed by atoms with Crippen molar-refractivity contribution in [3.05, 3.63) is 48.0 Å². The van der Waals surface area contributed by atoms with Crippen molar-refractivity contribution in [2.24, 2.45) is 0 Å². The first-order valence-corrected chi connectivity index (χ1v) is 6.14. The van der Waals surface area contributed by atoms with Gasteiger partial charge in [0.15, 0.2) is 5.58 Å². The quantitative estimate of drug-likeness (QED) is 0.709. The lowest BCUT2D eigenvalue weighted by molar-refractivity contribution is 0.623. The molecule has 20 heavy (non-hydrogen) atoms. The Labute approximate surface area is 115 Å². The van der Waals surface area contributed by atoms with Crippen molar-refractivity contribution in [1.82, 2.24) is 4.98 Å². The van der Waals surface area contributed by atoms with Crippen LogP contribution in [0.4, 0.5) is 17.4 Å². The lowest BCUT2D eigenvalue weighted by Crippen LogP contribution is -1.91. The van der Waals surface area contributed by atoms with Crippen LogP contribution in [0.2, 0.25) is 0 Å². The van der Waals surface area contributed by atoms with Crippen LogP contribution in [0.5, 0.6) is 0 Å². The molecule has 98 valence electrons. The van der Waals surface area contributed by atoms with E-state index in [1.807, 2.05) is 36.4 Å². The zero-order chi connectivity index (χ0) is 13.9. The van der Waals surface area contributed by atoms with Crippen LogP contribution >= 0.6 is 0 Å². The van der Waals surface area contributed by atoms with Crippen molar-refractivity contribution in [2.75, 3.05) is 11.1 Å². The fraction of sp³-hybridized carbons (Fsp3) is 0.0667. The van der Waals surface area contributed by atoms with Crippen molar-refractivity contribution in [3.63, 3.8) is 0 Å². The molecule has 5 heteroatoms. The monoisotopic (exact) mass is 264 g/mol. The van der Waals surface area contributed by atoms with E-state index in [2.05, 4.69) is 16.4 Å². The number of hydrogen-bond acceptors (Lipinski definition) is 5. The molecule has 0 aliphatic rings. The summed E-state index contributed by atoms with van der Waals surface area (Å²) in [7, 11) is 0. The van der Waals surface area contributed by atoms with Gasteiger partial charge in [-0.2, -0.15) is 10.2 Å². The van der Waals surface area contributed by atoms with E-state index in [-0.39, 0.29) is 0 Å². The minimum Gasteiger partial charge on any atom is -0.423 e. The average molecular weight is 264 g/mol. The summed E-state index contributed by atoms with van der Waals surface area (Å²) in [5, 5.41) is 11.7. The summed E-state index contributed by atoms with van der Waals surface area (Å²) >= 11 is 0. The van der Waals surface area contributed by atoms with E-state index in [0.717, 1.165) is 11.3 Å². The van der Waals surface area contributed by atoms with Gasteiger partial charge in [-0.3, -0.25) is 0 Å². The van der Waals surface area contributed by atoms with Gasteiger partial charge in [0.05, 0.1) is 18.2 Å². The van der Waals surface area contributed by atoms with E-state index in [1.165, 1.54) is 0 Å². The van der Waals surface area contributed by atoms with Crippen molar-refractivity contribution < 1.29 is 4.42 Å². The number of nitrogens with two attached hydrogens (primary N) is 1. The van der Waals surface area contributed by atoms with E-state index in [4.69, 9.17) is 15.4 Å². The van der Waals surface area contributed by atoms with Crippen molar-refractivity contribution in [1.29, 1.82) is 5.26 Å². The second-order valence-electron chi connectivity index (χ2n) is 4.37. The Kier molecular flexibility index (Phi) is 2.98. The molecule has 5 nitrogen and oxygen atoms in total. The molecule has 0 aliphatic heterocycles. The zero-order valence-corrected chi connectivity index (χ0v) is 10.6. The summed E-state index contributed by atoms with van der Waals surface area (Å²) in [5.41, 5.74) is 9.53. The number of nitrogen functional groups attached to an aromatic ring is 1. The molecule has 0 fully saturated rings. The Morgan fingerprint density at radius 1 is 1.20 bits per heavy atom. The molecule has 1 heterocycles. The lowest BCUT2D eigenvalue weighted by Gasteiger charge is -2.01. The molecule has 0 saturated heterocycles. The number of fused-ring (bicyclic) bond motifs is 1. The van der Waals surface area contributed by atoms with E-state index in [9.17, 15) is 0 Å². The number of oxazole rings is 1. The van der Waals surface area contributed by atoms with Crippen LogP contribution in [0.3, 0.4) is 0 Å². The summed E-state index contributed by atoms with van der Waals surface area (Å²) in [4.78, 5) is 4.31. The Balaban J connectivity index is 1.85. The van der Waals surface area contributed by atoms with E-state index in [1.54, 1.807) is 6.07 Å². The fourth-order valence-electron chi connectivity index (χ4n) is 1.94. The minimum atomic E-state index is 0.394. The van der Waals surface area contributed by atoms with E-state index in [0.29, 0.717) is 29.2 Å². The molecule has 0 spiro atoms. The number of para-hydroxylation sites is 1. The Morgan fingerprint density at radius 2 is 2.00 bits per heavy atom. The Morgan fingerprint density at radius 3 is 2.70 bits per heavy atom. The highest BCUT2D eigenvalue weighted by Crippen LogP contribution is 2.25. The molecule has 3 rings (SSSR count). The van der Waals surface area contributed by atoms with Crippen LogP contribution in [0, 0.1) is 11.3 Å². The fourth-order valence-corrected chi connectivity index (χ4v) is 1.94. The molecular formula is C15H12N4O. The third kappa shape index (κ3) is 2.27. The third-order valence-corrected chi connectivity index (χ3v) is 2.94. The van der Waals surface area contributed by atoms with Crippen LogP contribution in [-0.2, 0) is 6.42 Å². The SMILES string of the molecule is N#CCc1ccc(Nc2nc3c(N)cccc3o2)cc1. The van der Waals surface area contributed by atoms with Gasteiger partial charge in [-0.15, -0.1) is 0 Å². The highest BCUT2D eigenvalue weighted by Gasteiger charge is 2.08. The maximum atomic E-state index is 8.63. The van der Waals surface area contributed by atoms with Crippen LogP contribution < -0.4 is 11.1 Å². The molecule has 0 atom stereocenters. The first-order chi connectivity index (χ1) is 9.76. The van der Waals surface area contributed by atoms with Crippen molar-refractivity contribution in [3.8, 4) is 6.07 Å². The Bertz CT molecular complexity index is 784. The largest absolute Gasteiger partial charge is 0.423 e. The van der Waals surface area contributed by atoms with Gasteiger partial charge in [0, 0.05) is 5.69 Å². The van der Waals surface area contributed by atoms with Gasteiger partial charge in [-0.1, -0.05) is 18.2 Å². The lowest BCUT2D eigenvalue weighted by atomic mass is 10.1.